The number of hydrogen-bond donors (Lipinski definition) is 1. The number of anilines is 2. The van der Waals surface area contributed by atoms with Gasteiger partial charge >= 0.3 is 0 Å². The van der Waals surface area contributed by atoms with Crippen molar-refractivity contribution < 1.29 is 4.79 Å². The monoisotopic (exact) mass is 441 g/mol. The Labute approximate surface area is 171 Å². The zero-order valence-corrected chi connectivity index (χ0v) is 16.9. The molecule has 0 fully saturated rings. The molecule has 1 unspecified atom stereocenters. The number of para-hydroxylation sites is 2. The number of carbonyl (C=O) groups excluding carboxylic acids is 1. The van der Waals surface area contributed by atoms with Crippen molar-refractivity contribution >= 4 is 44.8 Å². The van der Waals surface area contributed by atoms with Crippen LogP contribution in [0.2, 0.25) is 5.02 Å². The van der Waals surface area contributed by atoms with Gasteiger partial charge in [-0.05, 0) is 42.5 Å². The molecule has 6 heteroatoms. The van der Waals surface area contributed by atoms with E-state index in [1.165, 1.54) is 0 Å². The average Bonchev–Trinajstić information content (AvgIpc) is 2.69. The molecule has 0 spiro atoms. The molecule has 1 N–H and O–H groups in total. The molecular formula is C21H17BrClN3O. The van der Waals surface area contributed by atoms with E-state index in [0.29, 0.717) is 10.6 Å². The maximum absolute atomic E-state index is 13.3. The van der Waals surface area contributed by atoms with Crippen LogP contribution in [0.15, 0.2) is 77.3 Å². The van der Waals surface area contributed by atoms with Gasteiger partial charge in [0.25, 0.3) is 5.91 Å². The predicted octanol–water partition coefficient (Wildman–Crippen LogP) is 5.72. The van der Waals surface area contributed by atoms with Crippen molar-refractivity contribution in [1.82, 2.24) is 5.01 Å². The minimum atomic E-state index is -0.374. The second kappa shape index (κ2) is 7.25. The smallest absolute Gasteiger partial charge is 0.276 e. The van der Waals surface area contributed by atoms with E-state index in [-0.39, 0.29) is 12.1 Å². The lowest BCUT2D eigenvalue weighted by Crippen LogP contribution is -2.50. The first kappa shape index (κ1) is 17.9. The Hall–Kier alpha value is -2.50. The van der Waals surface area contributed by atoms with Gasteiger partial charge in [-0.1, -0.05) is 57.9 Å². The molecule has 0 radical (unpaired) electrons. The van der Waals surface area contributed by atoms with Crippen molar-refractivity contribution in [2.45, 2.75) is 6.17 Å². The molecule has 3 aromatic rings. The highest BCUT2D eigenvalue weighted by Gasteiger charge is 2.38. The van der Waals surface area contributed by atoms with Crippen LogP contribution in [0, 0.1) is 0 Å². The van der Waals surface area contributed by atoms with Gasteiger partial charge in [0.1, 0.15) is 0 Å². The Morgan fingerprint density at radius 1 is 1.00 bits per heavy atom. The number of nitrogens with one attached hydrogen (secondary N) is 1. The van der Waals surface area contributed by atoms with E-state index in [1.807, 2.05) is 79.8 Å². The van der Waals surface area contributed by atoms with Crippen LogP contribution in [0.25, 0.3) is 0 Å². The van der Waals surface area contributed by atoms with Gasteiger partial charge in [0, 0.05) is 22.1 Å². The van der Waals surface area contributed by atoms with Gasteiger partial charge in [0.05, 0.1) is 16.9 Å². The van der Waals surface area contributed by atoms with Crippen molar-refractivity contribution in [2.24, 2.45) is 0 Å². The predicted molar refractivity (Wildman–Crippen MR) is 113 cm³/mol. The first-order valence-corrected chi connectivity index (χ1v) is 9.65. The summed E-state index contributed by atoms with van der Waals surface area (Å²) in [6.07, 6.45) is -0.374. The molecule has 1 aliphatic rings. The largest absolute Gasteiger partial charge is 0.348 e. The second-order valence-corrected chi connectivity index (χ2v) is 7.61. The maximum atomic E-state index is 13.3. The molecule has 0 aliphatic carbocycles. The number of nitrogens with zero attached hydrogens (tertiary/aromatic N) is 2. The Kier molecular flexibility index (Phi) is 4.81. The van der Waals surface area contributed by atoms with Gasteiger partial charge < -0.3 is 4.90 Å². The van der Waals surface area contributed by atoms with Crippen molar-refractivity contribution in [3.8, 4) is 0 Å². The van der Waals surface area contributed by atoms with Crippen LogP contribution < -0.4 is 10.3 Å². The van der Waals surface area contributed by atoms with E-state index in [1.54, 1.807) is 5.01 Å². The SMILES string of the molecule is CN1c2ccccc2C(=O)N(Nc2ccccc2)C1c1cc(Cl)ccc1Br. The fourth-order valence-corrected chi connectivity index (χ4v) is 3.96. The molecule has 0 saturated heterocycles. The summed E-state index contributed by atoms with van der Waals surface area (Å²) in [5.41, 5.74) is 6.54. The molecule has 1 amide bonds. The standard InChI is InChI=1S/C21H17BrClN3O/c1-25-19-10-6-5-9-16(19)21(27)26(24-15-7-3-2-4-8-15)20(25)17-13-14(23)11-12-18(17)22/h2-13,20,24H,1H3. The van der Waals surface area contributed by atoms with Gasteiger partial charge in [0.15, 0.2) is 6.17 Å². The minimum absolute atomic E-state index is 0.0931. The minimum Gasteiger partial charge on any atom is -0.348 e. The number of fused-ring (bicyclic) bond motifs is 1. The third kappa shape index (κ3) is 3.29. The molecular weight excluding hydrogens is 426 g/mol. The number of rotatable bonds is 3. The molecule has 1 aliphatic heterocycles. The van der Waals surface area contributed by atoms with Gasteiger partial charge in [-0.3, -0.25) is 10.2 Å². The third-order valence-electron chi connectivity index (χ3n) is 4.60. The first-order chi connectivity index (χ1) is 13.1. The fourth-order valence-electron chi connectivity index (χ4n) is 3.33. The van der Waals surface area contributed by atoms with Crippen molar-refractivity contribution in [3.05, 3.63) is 93.4 Å². The molecule has 0 aromatic heterocycles. The topological polar surface area (TPSA) is 35.6 Å². The summed E-state index contributed by atoms with van der Waals surface area (Å²) in [5.74, 6) is -0.0931. The highest BCUT2D eigenvalue weighted by molar-refractivity contribution is 9.10. The fraction of sp³-hybridized carbons (Fsp3) is 0.0952. The quantitative estimate of drug-likeness (QED) is 0.563. The number of benzene rings is 3. The number of hydrazine groups is 1. The van der Waals surface area contributed by atoms with Crippen LogP contribution in [0.4, 0.5) is 11.4 Å². The lowest BCUT2D eigenvalue weighted by molar-refractivity contribution is 0.0708. The molecule has 0 bridgehead atoms. The summed E-state index contributed by atoms with van der Waals surface area (Å²) < 4.78 is 0.885. The molecule has 27 heavy (non-hydrogen) atoms. The molecule has 4 nitrogen and oxygen atoms in total. The average molecular weight is 443 g/mol. The Morgan fingerprint density at radius 2 is 1.70 bits per heavy atom. The van der Waals surface area contributed by atoms with Gasteiger partial charge in [-0.25, -0.2) is 5.01 Å². The number of carbonyl (C=O) groups is 1. The van der Waals surface area contributed by atoms with Crippen LogP contribution in [0.5, 0.6) is 0 Å². The summed E-state index contributed by atoms with van der Waals surface area (Å²) in [5, 5.41) is 2.27. The number of hydrogen-bond acceptors (Lipinski definition) is 3. The van der Waals surface area contributed by atoms with E-state index < -0.39 is 0 Å². The van der Waals surface area contributed by atoms with Crippen molar-refractivity contribution in [2.75, 3.05) is 17.4 Å². The molecule has 1 atom stereocenters. The summed E-state index contributed by atoms with van der Waals surface area (Å²) in [7, 11) is 1.98. The molecule has 4 rings (SSSR count). The molecule has 3 aromatic carbocycles. The highest BCUT2D eigenvalue weighted by Crippen LogP contribution is 2.40. The summed E-state index contributed by atoms with van der Waals surface area (Å²) in [6, 6.07) is 22.9. The normalized spacial score (nSPS) is 16.3. The van der Waals surface area contributed by atoms with Crippen LogP contribution in [-0.2, 0) is 0 Å². The van der Waals surface area contributed by atoms with Gasteiger partial charge in [-0.15, -0.1) is 0 Å². The van der Waals surface area contributed by atoms with Crippen molar-refractivity contribution in [1.29, 1.82) is 0 Å². The van der Waals surface area contributed by atoms with Crippen LogP contribution in [-0.4, -0.2) is 18.0 Å². The first-order valence-electron chi connectivity index (χ1n) is 8.48. The van der Waals surface area contributed by atoms with Crippen molar-refractivity contribution in [3.63, 3.8) is 0 Å². The zero-order chi connectivity index (χ0) is 19.0. The van der Waals surface area contributed by atoms with Gasteiger partial charge in [-0.2, -0.15) is 0 Å². The highest BCUT2D eigenvalue weighted by atomic mass is 79.9. The Bertz CT molecular complexity index is 996. The number of amides is 1. The van der Waals surface area contributed by atoms with Gasteiger partial charge in [0.2, 0.25) is 0 Å². The Balaban J connectivity index is 1.86. The van der Waals surface area contributed by atoms with E-state index >= 15 is 0 Å². The van der Waals surface area contributed by atoms with E-state index in [9.17, 15) is 4.79 Å². The molecule has 0 saturated carbocycles. The van der Waals surface area contributed by atoms with E-state index in [2.05, 4.69) is 26.3 Å². The third-order valence-corrected chi connectivity index (χ3v) is 5.56. The summed E-state index contributed by atoms with van der Waals surface area (Å²) >= 11 is 9.88. The van der Waals surface area contributed by atoms with Crippen LogP contribution in [0.1, 0.15) is 22.1 Å². The maximum Gasteiger partial charge on any atom is 0.276 e. The van der Waals surface area contributed by atoms with E-state index in [0.717, 1.165) is 21.4 Å². The Morgan fingerprint density at radius 3 is 2.48 bits per heavy atom. The summed E-state index contributed by atoms with van der Waals surface area (Å²) in [4.78, 5) is 15.4. The number of halogens is 2. The van der Waals surface area contributed by atoms with Crippen LogP contribution >= 0.6 is 27.5 Å². The second-order valence-electron chi connectivity index (χ2n) is 6.32. The molecule has 136 valence electrons. The zero-order valence-electron chi connectivity index (χ0n) is 14.6. The van der Waals surface area contributed by atoms with Crippen LogP contribution in [0.3, 0.4) is 0 Å². The van der Waals surface area contributed by atoms with E-state index in [4.69, 9.17) is 11.6 Å². The lowest BCUT2D eigenvalue weighted by Gasteiger charge is -2.44. The lowest BCUT2D eigenvalue weighted by atomic mass is 10.0. The summed E-state index contributed by atoms with van der Waals surface area (Å²) in [6.45, 7) is 0. The molecule has 1 heterocycles.